The Balaban J connectivity index is 1.87. The molecule has 0 saturated heterocycles. The van der Waals surface area contributed by atoms with Crippen molar-refractivity contribution in [1.29, 1.82) is 0 Å². The highest BCUT2D eigenvalue weighted by atomic mass is 16.5. The molecule has 0 radical (unpaired) electrons. The van der Waals surface area contributed by atoms with Crippen molar-refractivity contribution in [2.75, 3.05) is 13.2 Å². The summed E-state index contributed by atoms with van der Waals surface area (Å²) in [6, 6.07) is 20.3. The smallest absolute Gasteiger partial charge is 0.193 e. The van der Waals surface area contributed by atoms with Gasteiger partial charge in [0.2, 0.25) is 0 Å². The van der Waals surface area contributed by atoms with Gasteiger partial charge in [-0.25, -0.2) is 0 Å². The molecule has 0 aliphatic rings. The molecule has 142 valence electrons. The average Bonchev–Trinajstić information content (AvgIpc) is 3.00. The molecular formula is C25H25NO2. The number of nitrogens with zero attached hydrogens (tertiary/aromatic N) is 1. The van der Waals surface area contributed by atoms with E-state index in [2.05, 4.69) is 35.8 Å². The van der Waals surface area contributed by atoms with Crippen LogP contribution in [0, 0.1) is 13.8 Å². The van der Waals surface area contributed by atoms with Gasteiger partial charge in [-0.1, -0.05) is 35.9 Å². The zero-order chi connectivity index (χ0) is 19.7. The van der Waals surface area contributed by atoms with Crippen molar-refractivity contribution >= 4 is 27.6 Å². The molecule has 0 amide bonds. The molecule has 4 rings (SSSR count). The third-order valence-electron chi connectivity index (χ3n) is 5.34. The zero-order valence-electron chi connectivity index (χ0n) is 16.7. The third kappa shape index (κ3) is 3.23. The first-order chi connectivity index (χ1) is 13.6. The van der Waals surface area contributed by atoms with Crippen LogP contribution >= 0.6 is 0 Å². The molecule has 0 atom stereocenters. The van der Waals surface area contributed by atoms with Gasteiger partial charge in [-0.3, -0.25) is 4.79 Å². The number of hydrogen-bond donors (Lipinski definition) is 0. The quantitative estimate of drug-likeness (QED) is 0.322. The Morgan fingerprint density at radius 2 is 1.64 bits per heavy atom. The predicted octanol–water partition coefficient (Wildman–Crippen LogP) is 5.68. The highest BCUT2D eigenvalue weighted by Crippen LogP contribution is 2.31. The minimum atomic E-state index is 0.0721. The van der Waals surface area contributed by atoms with E-state index in [-0.39, 0.29) is 5.78 Å². The normalized spacial score (nSPS) is 11.4. The molecule has 1 heterocycles. The van der Waals surface area contributed by atoms with Gasteiger partial charge in [0.1, 0.15) is 0 Å². The molecule has 0 N–H and O–H groups in total. The van der Waals surface area contributed by atoms with Gasteiger partial charge in [0.25, 0.3) is 0 Å². The predicted molar refractivity (Wildman–Crippen MR) is 115 cm³/mol. The van der Waals surface area contributed by atoms with Crippen LogP contribution < -0.4 is 0 Å². The summed E-state index contributed by atoms with van der Waals surface area (Å²) in [7, 11) is 0. The number of rotatable bonds is 6. The van der Waals surface area contributed by atoms with Gasteiger partial charge in [-0.2, -0.15) is 0 Å². The second-order valence-corrected chi connectivity index (χ2v) is 7.25. The van der Waals surface area contributed by atoms with Gasteiger partial charge < -0.3 is 9.30 Å². The summed E-state index contributed by atoms with van der Waals surface area (Å²) in [5.74, 6) is 0.0721. The fraction of sp³-hybridized carbons (Fsp3) is 0.240. The molecule has 0 bridgehead atoms. The van der Waals surface area contributed by atoms with E-state index in [0.717, 1.165) is 34.1 Å². The number of fused-ring (bicyclic) bond motifs is 3. The average molecular weight is 371 g/mol. The lowest BCUT2D eigenvalue weighted by atomic mass is 9.98. The summed E-state index contributed by atoms with van der Waals surface area (Å²) in [5.41, 5.74) is 6.03. The lowest BCUT2D eigenvalue weighted by Crippen LogP contribution is -2.06. The van der Waals surface area contributed by atoms with Crippen LogP contribution in [-0.4, -0.2) is 23.6 Å². The highest BCUT2D eigenvalue weighted by molar-refractivity contribution is 6.15. The van der Waals surface area contributed by atoms with Gasteiger partial charge in [0, 0.05) is 46.1 Å². The van der Waals surface area contributed by atoms with Gasteiger partial charge in [-0.05, 0) is 56.7 Å². The molecule has 0 spiro atoms. The van der Waals surface area contributed by atoms with Gasteiger partial charge in [0.15, 0.2) is 5.78 Å². The van der Waals surface area contributed by atoms with Crippen LogP contribution in [-0.2, 0) is 11.3 Å². The maximum atomic E-state index is 13.1. The van der Waals surface area contributed by atoms with Crippen LogP contribution in [0.1, 0.15) is 34.0 Å². The van der Waals surface area contributed by atoms with E-state index in [0.29, 0.717) is 13.2 Å². The maximum Gasteiger partial charge on any atom is 0.193 e. The number of hydrogen-bond acceptors (Lipinski definition) is 2. The second kappa shape index (κ2) is 7.61. The Morgan fingerprint density at radius 1 is 0.929 bits per heavy atom. The van der Waals surface area contributed by atoms with Crippen LogP contribution in [0.15, 0.2) is 60.7 Å². The van der Waals surface area contributed by atoms with Crippen LogP contribution in [0.4, 0.5) is 0 Å². The largest absolute Gasteiger partial charge is 0.380 e. The minimum absolute atomic E-state index is 0.0721. The fourth-order valence-electron chi connectivity index (χ4n) is 3.88. The molecular weight excluding hydrogens is 346 g/mol. The van der Waals surface area contributed by atoms with Gasteiger partial charge >= 0.3 is 0 Å². The van der Waals surface area contributed by atoms with Gasteiger partial charge in [0.05, 0.1) is 6.61 Å². The Kier molecular flexibility index (Phi) is 5.01. The van der Waals surface area contributed by atoms with E-state index in [1.165, 1.54) is 16.5 Å². The highest BCUT2D eigenvalue weighted by Gasteiger charge is 2.16. The Labute approximate surface area is 165 Å². The van der Waals surface area contributed by atoms with Crippen molar-refractivity contribution in [2.45, 2.75) is 27.3 Å². The van der Waals surface area contributed by atoms with E-state index >= 15 is 0 Å². The molecule has 0 fully saturated rings. The molecule has 3 nitrogen and oxygen atoms in total. The topological polar surface area (TPSA) is 31.2 Å². The van der Waals surface area contributed by atoms with Crippen molar-refractivity contribution in [3.63, 3.8) is 0 Å². The number of aryl methyl sites for hydroxylation is 2. The minimum Gasteiger partial charge on any atom is -0.380 e. The standard InChI is InChI=1S/C25H25NO2/c1-4-28-14-13-26-23-11-9-17(2)15-21(23)22-16-19(10-12-24(22)26)25(27)20-8-6-5-7-18(20)3/h5-12,15-16H,4,13-14H2,1-3H3. The summed E-state index contributed by atoms with van der Waals surface area (Å²) >= 11 is 0. The Morgan fingerprint density at radius 3 is 2.39 bits per heavy atom. The molecule has 0 saturated carbocycles. The number of carbonyl (C=O) groups excluding carboxylic acids is 1. The lowest BCUT2D eigenvalue weighted by molar-refractivity contribution is 0.103. The van der Waals surface area contributed by atoms with Crippen molar-refractivity contribution < 1.29 is 9.53 Å². The van der Waals surface area contributed by atoms with E-state index < -0.39 is 0 Å². The van der Waals surface area contributed by atoms with Gasteiger partial charge in [-0.15, -0.1) is 0 Å². The summed E-state index contributed by atoms with van der Waals surface area (Å²) in [5, 5.41) is 2.31. The van der Waals surface area contributed by atoms with Crippen molar-refractivity contribution in [3.8, 4) is 0 Å². The first-order valence-electron chi connectivity index (χ1n) is 9.81. The zero-order valence-corrected chi connectivity index (χ0v) is 16.7. The number of ketones is 1. The Bertz CT molecular complexity index is 1170. The molecule has 0 unspecified atom stereocenters. The molecule has 4 aromatic rings. The van der Waals surface area contributed by atoms with Crippen molar-refractivity contribution in [3.05, 3.63) is 82.9 Å². The van der Waals surface area contributed by atoms with Crippen LogP contribution in [0.5, 0.6) is 0 Å². The van der Waals surface area contributed by atoms with Crippen molar-refractivity contribution in [1.82, 2.24) is 4.57 Å². The van der Waals surface area contributed by atoms with Crippen LogP contribution in [0.2, 0.25) is 0 Å². The third-order valence-corrected chi connectivity index (χ3v) is 5.34. The number of carbonyl (C=O) groups is 1. The second-order valence-electron chi connectivity index (χ2n) is 7.25. The molecule has 3 heteroatoms. The number of aromatic nitrogens is 1. The van der Waals surface area contributed by atoms with Crippen molar-refractivity contribution in [2.24, 2.45) is 0 Å². The molecule has 1 aromatic heterocycles. The summed E-state index contributed by atoms with van der Waals surface area (Å²) < 4.78 is 7.88. The van der Waals surface area contributed by atoms with Crippen LogP contribution in [0.25, 0.3) is 21.8 Å². The lowest BCUT2D eigenvalue weighted by Gasteiger charge is -2.08. The summed E-state index contributed by atoms with van der Waals surface area (Å²) in [4.78, 5) is 13.1. The first kappa shape index (κ1) is 18.5. The fourth-order valence-corrected chi connectivity index (χ4v) is 3.88. The number of ether oxygens (including phenoxy) is 1. The van der Waals surface area contributed by atoms with E-state index in [9.17, 15) is 4.79 Å². The number of benzene rings is 3. The maximum absolute atomic E-state index is 13.1. The van der Waals surface area contributed by atoms with E-state index in [1.807, 2.05) is 50.2 Å². The first-order valence-corrected chi connectivity index (χ1v) is 9.81. The molecule has 0 aliphatic carbocycles. The molecule has 0 aliphatic heterocycles. The van der Waals surface area contributed by atoms with Crippen LogP contribution in [0.3, 0.4) is 0 Å². The molecule has 3 aromatic carbocycles. The van der Waals surface area contributed by atoms with E-state index in [4.69, 9.17) is 4.74 Å². The summed E-state index contributed by atoms with van der Waals surface area (Å²) in [6.07, 6.45) is 0. The summed E-state index contributed by atoms with van der Waals surface area (Å²) in [6.45, 7) is 8.28. The molecule has 28 heavy (non-hydrogen) atoms. The van der Waals surface area contributed by atoms with E-state index in [1.54, 1.807) is 0 Å². The monoisotopic (exact) mass is 371 g/mol. The Hall–Kier alpha value is -2.91. The SMILES string of the molecule is CCOCCn1c2ccc(C)cc2c2cc(C(=O)c3ccccc3C)ccc21.